The first kappa shape index (κ1) is 19.0. The van der Waals surface area contributed by atoms with E-state index >= 15 is 0 Å². The summed E-state index contributed by atoms with van der Waals surface area (Å²) in [4.78, 5) is 24.4. The van der Waals surface area contributed by atoms with Crippen LogP contribution in [0.4, 0.5) is 8.78 Å². The average molecular weight is 392 g/mol. The second-order valence-corrected chi connectivity index (χ2v) is 6.46. The van der Waals surface area contributed by atoms with Crippen LogP contribution in [0.5, 0.6) is 0 Å². The fourth-order valence-corrected chi connectivity index (χ4v) is 2.79. The summed E-state index contributed by atoms with van der Waals surface area (Å²) in [5.41, 5.74) is 1.58. The molecule has 0 radical (unpaired) electrons. The van der Waals surface area contributed by atoms with E-state index in [0.29, 0.717) is 11.1 Å². The third kappa shape index (κ3) is 4.89. The Balaban J connectivity index is 1.65. The largest absolute Gasteiger partial charge is 0.347 e. The molecule has 2 amide bonds. The number of hydrazone groups is 1. The van der Waals surface area contributed by atoms with Gasteiger partial charge in [0.1, 0.15) is 17.3 Å². The van der Waals surface area contributed by atoms with E-state index in [9.17, 15) is 18.4 Å². The molecule has 0 fully saturated rings. The molecule has 1 aliphatic rings. The van der Waals surface area contributed by atoms with Crippen molar-refractivity contribution in [3.8, 4) is 0 Å². The Morgan fingerprint density at radius 3 is 2.52 bits per heavy atom. The van der Waals surface area contributed by atoms with Crippen LogP contribution < -0.4 is 5.32 Å². The van der Waals surface area contributed by atoms with Crippen molar-refractivity contribution in [2.45, 2.75) is 25.9 Å². The Kier molecular flexibility index (Phi) is 5.81. The van der Waals surface area contributed by atoms with E-state index in [1.165, 1.54) is 35.3 Å². The van der Waals surface area contributed by atoms with Gasteiger partial charge in [0.25, 0.3) is 5.91 Å². The van der Waals surface area contributed by atoms with Crippen molar-refractivity contribution in [1.29, 1.82) is 0 Å². The summed E-state index contributed by atoms with van der Waals surface area (Å²) in [6.07, 6.45) is 0.393. The Morgan fingerprint density at radius 2 is 1.81 bits per heavy atom. The molecule has 8 heteroatoms. The molecule has 1 aliphatic heterocycles. The van der Waals surface area contributed by atoms with E-state index in [2.05, 4.69) is 10.4 Å². The van der Waals surface area contributed by atoms with Crippen molar-refractivity contribution in [2.24, 2.45) is 5.10 Å². The minimum atomic E-state index is -0.529. The molecule has 0 aromatic heterocycles. The number of nitrogens with zero attached hydrogens (tertiary/aromatic N) is 2. The smallest absolute Gasteiger partial charge is 0.267 e. The van der Waals surface area contributed by atoms with Gasteiger partial charge in [0.05, 0.1) is 11.6 Å². The van der Waals surface area contributed by atoms with Crippen LogP contribution in [0.15, 0.2) is 47.6 Å². The predicted molar refractivity (Wildman–Crippen MR) is 96.9 cm³/mol. The molecule has 0 atom stereocenters. The first-order chi connectivity index (χ1) is 12.9. The molecule has 0 saturated heterocycles. The van der Waals surface area contributed by atoms with E-state index in [-0.39, 0.29) is 48.4 Å². The molecular weight excluding hydrogens is 376 g/mol. The lowest BCUT2D eigenvalue weighted by atomic mass is 10.1. The molecule has 0 spiro atoms. The van der Waals surface area contributed by atoms with Crippen LogP contribution in [0.2, 0.25) is 5.02 Å². The number of carbonyl (C=O) groups excluding carboxylic acids is 2. The molecule has 0 unspecified atom stereocenters. The van der Waals surface area contributed by atoms with Gasteiger partial charge in [-0.1, -0.05) is 29.8 Å². The second kappa shape index (κ2) is 8.26. The van der Waals surface area contributed by atoms with Gasteiger partial charge in [-0.05, 0) is 35.4 Å². The zero-order chi connectivity index (χ0) is 19.4. The van der Waals surface area contributed by atoms with E-state index in [0.717, 1.165) is 0 Å². The summed E-state index contributed by atoms with van der Waals surface area (Å²) in [5.74, 6) is -1.51. The number of hydrogen-bond acceptors (Lipinski definition) is 3. The highest BCUT2D eigenvalue weighted by atomic mass is 35.5. The van der Waals surface area contributed by atoms with Gasteiger partial charge in [0.2, 0.25) is 5.91 Å². The molecule has 27 heavy (non-hydrogen) atoms. The van der Waals surface area contributed by atoms with Crippen LogP contribution in [-0.4, -0.2) is 22.5 Å². The zero-order valence-corrected chi connectivity index (χ0v) is 15.0. The van der Waals surface area contributed by atoms with E-state index in [4.69, 9.17) is 11.6 Å². The number of nitrogens with one attached hydrogen (secondary N) is 1. The third-order valence-electron chi connectivity index (χ3n) is 4.05. The summed E-state index contributed by atoms with van der Waals surface area (Å²) in [7, 11) is 0. The quantitative estimate of drug-likeness (QED) is 0.849. The van der Waals surface area contributed by atoms with Crippen molar-refractivity contribution < 1.29 is 18.4 Å². The van der Waals surface area contributed by atoms with E-state index in [1.54, 1.807) is 12.1 Å². The van der Waals surface area contributed by atoms with Crippen molar-refractivity contribution in [1.82, 2.24) is 10.3 Å². The summed E-state index contributed by atoms with van der Waals surface area (Å²) in [6, 6.07) is 9.91. The minimum absolute atomic E-state index is 0.0205. The first-order valence-electron chi connectivity index (χ1n) is 8.27. The Hall–Kier alpha value is -2.80. The normalized spacial score (nSPS) is 14.1. The van der Waals surface area contributed by atoms with Gasteiger partial charge in [0, 0.05) is 19.4 Å². The second-order valence-electron chi connectivity index (χ2n) is 6.06. The van der Waals surface area contributed by atoms with Crippen LogP contribution >= 0.6 is 11.6 Å². The van der Waals surface area contributed by atoms with E-state index < -0.39 is 11.7 Å². The van der Waals surface area contributed by atoms with Crippen molar-refractivity contribution >= 4 is 29.1 Å². The molecule has 2 aromatic rings. The maximum absolute atomic E-state index is 13.2. The topological polar surface area (TPSA) is 61.8 Å². The molecule has 0 saturated carbocycles. The summed E-state index contributed by atoms with van der Waals surface area (Å²) >= 11 is 5.72. The van der Waals surface area contributed by atoms with Gasteiger partial charge < -0.3 is 5.32 Å². The maximum atomic E-state index is 13.2. The zero-order valence-electron chi connectivity index (χ0n) is 14.2. The Morgan fingerprint density at radius 1 is 1.11 bits per heavy atom. The van der Waals surface area contributed by atoms with Crippen LogP contribution in [0.3, 0.4) is 0 Å². The van der Waals surface area contributed by atoms with Crippen molar-refractivity contribution in [3.63, 3.8) is 0 Å². The predicted octanol–water partition coefficient (Wildman–Crippen LogP) is 3.41. The maximum Gasteiger partial charge on any atom is 0.267 e. The number of amides is 2. The van der Waals surface area contributed by atoms with Crippen molar-refractivity contribution in [2.75, 3.05) is 0 Å². The number of hydrogen-bond donors (Lipinski definition) is 1. The number of carbonyl (C=O) groups is 2. The highest BCUT2D eigenvalue weighted by molar-refractivity contribution is 6.39. The lowest BCUT2D eigenvalue weighted by Gasteiger charge is -2.23. The molecule has 0 aliphatic carbocycles. The van der Waals surface area contributed by atoms with Gasteiger partial charge in [0.15, 0.2) is 0 Å². The van der Waals surface area contributed by atoms with Gasteiger partial charge >= 0.3 is 0 Å². The summed E-state index contributed by atoms with van der Waals surface area (Å²) in [5, 5.41) is 8.00. The van der Waals surface area contributed by atoms with Gasteiger partial charge in [-0.3, -0.25) is 9.59 Å². The van der Waals surface area contributed by atoms with Gasteiger partial charge in [-0.15, -0.1) is 0 Å². The van der Waals surface area contributed by atoms with Gasteiger partial charge in [-0.25, -0.2) is 13.8 Å². The molecule has 0 bridgehead atoms. The van der Waals surface area contributed by atoms with Crippen LogP contribution in [0.1, 0.15) is 24.0 Å². The monoisotopic (exact) mass is 391 g/mol. The lowest BCUT2D eigenvalue weighted by molar-refractivity contribution is -0.132. The Bertz CT molecular complexity index is 900. The minimum Gasteiger partial charge on any atom is -0.347 e. The average Bonchev–Trinajstić information content (AvgIpc) is 2.66. The third-order valence-corrected chi connectivity index (χ3v) is 4.34. The molecule has 2 aromatic carbocycles. The molecule has 1 heterocycles. The fraction of sp³-hybridized carbons (Fsp3) is 0.211. The number of benzene rings is 2. The Labute approximate surface area is 159 Å². The highest BCUT2D eigenvalue weighted by Gasteiger charge is 2.24. The SMILES string of the molecule is O=C(NCc1ccc(F)c(Cl)c1)C1=NN(Cc2ccc(F)cc2)C(=O)CC1. The molecular formula is C19H16ClF2N3O2. The number of halogens is 3. The van der Waals surface area contributed by atoms with Crippen molar-refractivity contribution in [3.05, 3.63) is 70.2 Å². The fourth-order valence-electron chi connectivity index (χ4n) is 2.59. The first-order valence-corrected chi connectivity index (χ1v) is 8.64. The number of rotatable bonds is 5. The lowest BCUT2D eigenvalue weighted by Crippen LogP contribution is -2.38. The highest BCUT2D eigenvalue weighted by Crippen LogP contribution is 2.17. The van der Waals surface area contributed by atoms with E-state index in [1.807, 2.05) is 0 Å². The van der Waals surface area contributed by atoms with Crippen LogP contribution in [0, 0.1) is 11.6 Å². The van der Waals surface area contributed by atoms with Crippen LogP contribution in [0.25, 0.3) is 0 Å². The molecule has 1 N–H and O–H groups in total. The molecule has 3 rings (SSSR count). The standard InChI is InChI=1S/C19H16ClF2N3O2/c20-15-9-13(3-6-16(15)22)10-23-19(27)17-7-8-18(26)25(24-17)11-12-1-4-14(21)5-2-12/h1-6,9H,7-8,10-11H2,(H,23,27). The summed E-state index contributed by atoms with van der Waals surface area (Å²) < 4.78 is 26.2. The summed E-state index contributed by atoms with van der Waals surface area (Å²) in [6.45, 7) is 0.313. The van der Waals surface area contributed by atoms with Gasteiger partial charge in [-0.2, -0.15) is 5.10 Å². The van der Waals surface area contributed by atoms with Crippen LogP contribution in [-0.2, 0) is 22.7 Å². The molecule has 140 valence electrons. The molecule has 5 nitrogen and oxygen atoms in total.